The fourth-order valence-electron chi connectivity index (χ4n) is 1.84. The van der Waals surface area contributed by atoms with E-state index >= 15 is 0 Å². The molecule has 3 heteroatoms. The van der Waals surface area contributed by atoms with Crippen LogP contribution in [0.1, 0.15) is 26.3 Å². The summed E-state index contributed by atoms with van der Waals surface area (Å²) in [7, 11) is 1.45. The highest BCUT2D eigenvalue weighted by molar-refractivity contribution is 5.74. The van der Waals surface area contributed by atoms with Crippen molar-refractivity contribution in [3.8, 4) is 0 Å². The summed E-state index contributed by atoms with van der Waals surface area (Å²) in [5.41, 5.74) is 1.17. The molecule has 0 aliphatic heterocycles. The molecule has 0 saturated heterocycles. The molecule has 0 aromatic heterocycles. The molecule has 3 nitrogen and oxygen atoms in total. The van der Waals surface area contributed by atoms with Gasteiger partial charge in [0.05, 0.1) is 13.2 Å². The van der Waals surface area contributed by atoms with E-state index in [0.717, 1.165) is 0 Å². The van der Waals surface area contributed by atoms with Crippen LogP contribution >= 0.6 is 0 Å². The molecule has 18 heavy (non-hydrogen) atoms. The van der Waals surface area contributed by atoms with Crippen molar-refractivity contribution in [2.24, 2.45) is 5.92 Å². The van der Waals surface area contributed by atoms with Gasteiger partial charge in [0.15, 0.2) is 6.04 Å². The number of carbonyl (C=O) groups excluding carboxylic acids is 1. The zero-order valence-electron chi connectivity index (χ0n) is 11.7. The number of carbonyl (C=O) groups is 1. The Morgan fingerprint density at radius 3 is 2.33 bits per heavy atom. The van der Waals surface area contributed by atoms with Crippen LogP contribution in [0.15, 0.2) is 30.3 Å². The molecular formula is C15H24NO2+. The minimum Gasteiger partial charge on any atom is -0.465 e. The minimum absolute atomic E-state index is 0.147. The van der Waals surface area contributed by atoms with Gasteiger partial charge in [0.25, 0.3) is 0 Å². The molecule has 2 atom stereocenters. The molecule has 2 N–H and O–H groups in total. The average molecular weight is 250 g/mol. The van der Waals surface area contributed by atoms with Gasteiger partial charge in [-0.15, -0.1) is 0 Å². The van der Waals surface area contributed by atoms with Crippen LogP contribution < -0.4 is 5.32 Å². The predicted octanol–water partition coefficient (Wildman–Crippen LogP) is 1.38. The maximum absolute atomic E-state index is 11.8. The van der Waals surface area contributed by atoms with Gasteiger partial charge in [0, 0.05) is 12.3 Å². The molecule has 0 heterocycles. The molecule has 1 rings (SSSR count). The van der Waals surface area contributed by atoms with Gasteiger partial charge in [-0.3, -0.25) is 0 Å². The first-order valence-electron chi connectivity index (χ1n) is 6.51. The van der Waals surface area contributed by atoms with Gasteiger partial charge in [-0.25, -0.2) is 4.79 Å². The lowest BCUT2D eigenvalue weighted by Crippen LogP contribution is -2.97. The number of esters is 1. The Kier molecular flexibility index (Phi) is 5.86. The Bertz CT molecular complexity index is 362. The molecule has 0 amide bonds. The van der Waals surface area contributed by atoms with E-state index in [2.05, 4.69) is 26.1 Å². The summed E-state index contributed by atoms with van der Waals surface area (Å²) in [6.07, 6.45) is 0.713. The molecule has 0 bridgehead atoms. The fraction of sp³-hybridized carbons (Fsp3) is 0.533. The lowest BCUT2D eigenvalue weighted by molar-refractivity contribution is -0.713. The zero-order chi connectivity index (χ0) is 13.5. The summed E-state index contributed by atoms with van der Waals surface area (Å²) in [5.74, 6) is 0.388. The van der Waals surface area contributed by atoms with Gasteiger partial charge in [0.2, 0.25) is 0 Å². The second-order valence-corrected chi connectivity index (χ2v) is 5.11. The maximum Gasteiger partial charge on any atom is 0.364 e. The number of rotatable bonds is 6. The minimum atomic E-state index is -0.158. The van der Waals surface area contributed by atoms with Crippen LogP contribution in [0.4, 0.5) is 0 Å². The SMILES string of the molecule is COC(=O)[C@H](Cc1ccccc1)[NH2+][C@H](C)C(C)C. The summed E-state index contributed by atoms with van der Waals surface area (Å²) in [5, 5.41) is 2.11. The molecule has 0 unspecified atom stereocenters. The topological polar surface area (TPSA) is 42.9 Å². The molecule has 0 spiro atoms. The van der Waals surface area contributed by atoms with Crippen molar-refractivity contribution >= 4 is 5.97 Å². The lowest BCUT2D eigenvalue weighted by atomic mass is 10.0. The van der Waals surface area contributed by atoms with Gasteiger partial charge in [-0.1, -0.05) is 44.2 Å². The maximum atomic E-state index is 11.8. The lowest BCUT2D eigenvalue weighted by Gasteiger charge is -2.20. The number of benzene rings is 1. The van der Waals surface area contributed by atoms with Crippen LogP contribution in [0, 0.1) is 5.92 Å². The smallest absolute Gasteiger partial charge is 0.364 e. The van der Waals surface area contributed by atoms with E-state index < -0.39 is 0 Å². The number of hydrogen-bond donors (Lipinski definition) is 1. The van der Waals surface area contributed by atoms with Crippen LogP contribution in [0.2, 0.25) is 0 Å². The number of nitrogens with two attached hydrogens (primary N) is 1. The first-order valence-corrected chi connectivity index (χ1v) is 6.51. The number of ether oxygens (including phenoxy) is 1. The third kappa shape index (κ3) is 4.49. The summed E-state index contributed by atoms with van der Waals surface area (Å²) in [4.78, 5) is 11.8. The molecule has 1 aromatic carbocycles. The molecule has 1 aromatic rings. The molecule has 0 saturated carbocycles. The van der Waals surface area contributed by atoms with Crippen LogP contribution in [-0.4, -0.2) is 25.2 Å². The predicted molar refractivity (Wildman–Crippen MR) is 72.2 cm³/mol. The van der Waals surface area contributed by atoms with E-state index in [9.17, 15) is 4.79 Å². The highest BCUT2D eigenvalue weighted by atomic mass is 16.5. The molecule has 100 valence electrons. The largest absolute Gasteiger partial charge is 0.465 e. The Morgan fingerprint density at radius 2 is 1.83 bits per heavy atom. The van der Waals surface area contributed by atoms with E-state index in [-0.39, 0.29) is 12.0 Å². The van der Waals surface area contributed by atoms with Gasteiger partial charge in [0.1, 0.15) is 0 Å². The van der Waals surface area contributed by atoms with Crippen molar-refractivity contribution in [2.45, 2.75) is 39.3 Å². The van der Waals surface area contributed by atoms with E-state index in [1.165, 1.54) is 12.7 Å². The second-order valence-electron chi connectivity index (χ2n) is 5.11. The first-order chi connectivity index (χ1) is 8.54. The van der Waals surface area contributed by atoms with Crippen LogP contribution in [0.3, 0.4) is 0 Å². The third-order valence-corrected chi connectivity index (χ3v) is 3.39. The van der Waals surface area contributed by atoms with E-state index in [1.54, 1.807) is 0 Å². The Labute approximate surface area is 110 Å². The molecular weight excluding hydrogens is 226 g/mol. The first kappa shape index (κ1) is 14.7. The molecule has 0 aliphatic carbocycles. The van der Waals surface area contributed by atoms with Crippen LogP contribution in [0.5, 0.6) is 0 Å². The van der Waals surface area contributed by atoms with Crippen molar-refractivity contribution in [3.63, 3.8) is 0 Å². The highest BCUT2D eigenvalue weighted by Crippen LogP contribution is 2.03. The van der Waals surface area contributed by atoms with Gasteiger partial charge in [-0.05, 0) is 12.5 Å². The summed E-state index contributed by atoms with van der Waals surface area (Å²) in [6, 6.07) is 10.3. The Balaban J connectivity index is 2.70. The van der Waals surface area contributed by atoms with Crippen LogP contribution in [0.25, 0.3) is 0 Å². The number of methoxy groups -OCH3 is 1. The van der Waals surface area contributed by atoms with Gasteiger partial charge in [-0.2, -0.15) is 0 Å². The second kappa shape index (κ2) is 7.17. The Morgan fingerprint density at radius 1 is 1.22 bits per heavy atom. The van der Waals surface area contributed by atoms with Crippen molar-refractivity contribution < 1.29 is 14.8 Å². The van der Waals surface area contributed by atoms with Gasteiger partial charge < -0.3 is 10.1 Å². The van der Waals surface area contributed by atoms with Crippen LogP contribution in [-0.2, 0) is 16.0 Å². The molecule has 0 radical (unpaired) electrons. The summed E-state index contributed by atoms with van der Waals surface area (Å²) < 4.78 is 4.90. The van der Waals surface area contributed by atoms with E-state index in [0.29, 0.717) is 18.4 Å². The van der Waals surface area contributed by atoms with Crippen molar-refractivity contribution in [1.82, 2.24) is 0 Å². The number of hydrogen-bond acceptors (Lipinski definition) is 2. The molecule has 0 fully saturated rings. The Hall–Kier alpha value is -1.35. The zero-order valence-corrected chi connectivity index (χ0v) is 11.7. The molecule has 0 aliphatic rings. The quantitative estimate of drug-likeness (QED) is 0.775. The fourth-order valence-corrected chi connectivity index (χ4v) is 1.84. The standard InChI is InChI=1S/C15H23NO2/c1-11(2)12(3)16-14(15(17)18-4)10-13-8-6-5-7-9-13/h5-9,11-12,14,16H,10H2,1-4H3/p+1/t12-,14+/m1/s1. The summed E-state index contributed by atoms with van der Waals surface area (Å²) >= 11 is 0. The third-order valence-electron chi connectivity index (χ3n) is 3.39. The van der Waals surface area contributed by atoms with Crippen molar-refractivity contribution in [1.29, 1.82) is 0 Å². The van der Waals surface area contributed by atoms with Crippen molar-refractivity contribution in [3.05, 3.63) is 35.9 Å². The average Bonchev–Trinajstić information content (AvgIpc) is 2.38. The highest BCUT2D eigenvalue weighted by Gasteiger charge is 2.26. The normalized spacial score (nSPS) is 14.3. The van der Waals surface area contributed by atoms with Crippen molar-refractivity contribution in [2.75, 3.05) is 7.11 Å². The van der Waals surface area contributed by atoms with E-state index in [4.69, 9.17) is 4.74 Å². The number of quaternary nitrogens is 1. The monoisotopic (exact) mass is 250 g/mol. The van der Waals surface area contributed by atoms with E-state index in [1.807, 2.05) is 30.3 Å². The van der Waals surface area contributed by atoms with Gasteiger partial charge >= 0.3 is 5.97 Å². The summed E-state index contributed by atoms with van der Waals surface area (Å²) in [6.45, 7) is 6.47.